The van der Waals surface area contributed by atoms with E-state index in [0.29, 0.717) is 6.42 Å². The maximum atomic E-state index is 13.4. The number of benzene rings is 1. The van der Waals surface area contributed by atoms with Crippen LogP contribution < -0.4 is 15.4 Å². The van der Waals surface area contributed by atoms with Gasteiger partial charge in [-0.1, -0.05) is 0 Å². The molecule has 2 amide bonds. The minimum absolute atomic E-state index is 0.0960. The highest BCUT2D eigenvalue weighted by Crippen LogP contribution is 2.22. The van der Waals surface area contributed by atoms with E-state index < -0.39 is 30.3 Å². The van der Waals surface area contributed by atoms with Crippen LogP contribution in [-0.2, 0) is 0 Å². The smallest absolute Gasteiger partial charge is 0.387 e. The summed E-state index contributed by atoms with van der Waals surface area (Å²) >= 11 is 0. The van der Waals surface area contributed by atoms with Crippen molar-refractivity contribution >= 4 is 11.7 Å². The van der Waals surface area contributed by atoms with Gasteiger partial charge in [0.2, 0.25) is 0 Å². The van der Waals surface area contributed by atoms with Gasteiger partial charge in [-0.25, -0.2) is 9.18 Å². The fraction of sp³-hybridized carbons (Fsp3) is 0.417. The second-order valence-corrected chi connectivity index (χ2v) is 4.04. The number of hydrogen-bond donors (Lipinski definition) is 3. The molecular formula is C12H15F3N2O3. The molecule has 1 aromatic carbocycles. The maximum Gasteiger partial charge on any atom is 0.387 e. The van der Waals surface area contributed by atoms with Gasteiger partial charge in [0.05, 0.1) is 6.10 Å². The minimum Gasteiger partial charge on any atom is -0.432 e. The van der Waals surface area contributed by atoms with Crippen LogP contribution >= 0.6 is 0 Å². The molecule has 0 radical (unpaired) electrons. The predicted molar refractivity (Wildman–Crippen MR) is 66.4 cm³/mol. The summed E-state index contributed by atoms with van der Waals surface area (Å²) in [7, 11) is 0. The topological polar surface area (TPSA) is 70.6 Å². The SMILES string of the molecule is CC(O)CCNC(=O)Nc1ccc(OC(F)F)c(F)c1. The molecule has 112 valence electrons. The molecular weight excluding hydrogens is 277 g/mol. The van der Waals surface area contributed by atoms with E-state index in [1.54, 1.807) is 6.92 Å². The molecule has 0 saturated heterocycles. The molecule has 1 rings (SSSR count). The Balaban J connectivity index is 2.52. The normalized spacial score (nSPS) is 12.1. The predicted octanol–water partition coefficient (Wildman–Crippen LogP) is 2.32. The lowest BCUT2D eigenvalue weighted by Crippen LogP contribution is -2.30. The van der Waals surface area contributed by atoms with Gasteiger partial charge in [-0.2, -0.15) is 8.78 Å². The van der Waals surface area contributed by atoms with Crippen LogP contribution in [0.4, 0.5) is 23.7 Å². The number of rotatable bonds is 6. The first kappa shape index (κ1) is 16.1. The van der Waals surface area contributed by atoms with E-state index in [1.807, 2.05) is 0 Å². The van der Waals surface area contributed by atoms with Crippen molar-refractivity contribution in [3.05, 3.63) is 24.0 Å². The van der Waals surface area contributed by atoms with Gasteiger partial charge in [0, 0.05) is 18.3 Å². The molecule has 0 aliphatic carbocycles. The number of anilines is 1. The maximum absolute atomic E-state index is 13.4. The van der Waals surface area contributed by atoms with Gasteiger partial charge in [0.25, 0.3) is 0 Å². The summed E-state index contributed by atoms with van der Waals surface area (Å²) in [6, 6.07) is 2.50. The van der Waals surface area contributed by atoms with Crippen LogP contribution in [0.5, 0.6) is 5.75 Å². The van der Waals surface area contributed by atoms with E-state index in [4.69, 9.17) is 5.11 Å². The van der Waals surface area contributed by atoms with Gasteiger partial charge >= 0.3 is 12.6 Å². The average Bonchev–Trinajstić information content (AvgIpc) is 2.31. The van der Waals surface area contributed by atoms with Gasteiger partial charge in [0.1, 0.15) is 0 Å². The molecule has 0 bridgehead atoms. The molecule has 0 aliphatic heterocycles. The zero-order valence-corrected chi connectivity index (χ0v) is 10.7. The lowest BCUT2D eigenvalue weighted by atomic mass is 10.3. The van der Waals surface area contributed by atoms with Crippen molar-refractivity contribution in [3.8, 4) is 5.75 Å². The largest absolute Gasteiger partial charge is 0.432 e. The quantitative estimate of drug-likeness (QED) is 0.753. The van der Waals surface area contributed by atoms with Crippen molar-refractivity contribution in [2.24, 2.45) is 0 Å². The molecule has 1 atom stereocenters. The summed E-state index contributed by atoms with van der Waals surface area (Å²) in [5, 5.41) is 13.8. The third kappa shape index (κ3) is 5.79. The number of aliphatic hydroxyl groups excluding tert-OH is 1. The number of hydrogen-bond acceptors (Lipinski definition) is 3. The van der Waals surface area contributed by atoms with Crippen LogP contribution in [-0.4, -0.2) is 30.4 Å². The highest BCUT2D eigenvalue weighted by atomic mass is 19.3. The highest BCUT2D eigenvalue weighted by molar-refractivity contribution is 5.89. The van der Waals surface area contributed by atoms with Crippen molar-refractivity contribution in [1.82, 2.24) is 5.32 Å². The number of amides is 2. The van der Waals surface area contributed by atoms with Crippen LogP contribution in [0.2, 0.25) is 0 Å². The summed E-state index contributed by atoms with van der Waals surface area (Å²) < 4.78 is 41.1. The molecule has 0 heterocycles. The Labute approximate surface area is 113 Å². The van der Waals surface area contributed by atoms with Crippen molar-refractivity contribution in [2.45, 2.75) is 26.1 Å². The standard InChI is InChI=1S/C12H15F3N2O3/c1-7(18)4-5-16-12(19)17-8-2-3-10(9(13)6-8)20-11(14)15/h2-3,6-7,11,18H,4-5H2,1H3,(H2,16,17,19). The van der Waals surface area contributed by atoms with E-state index in [2.05, 4.69) is 15.4 Å². The second-order valence-electron chi connectivity index (χ2n) is 4.04. The number of carbonyl (C=O) groups excluding carboxylic acids is 1. The third-order valence-electron chi connectivity index (χ3n) is 2.25. The van der Waals surface area contributed by atoms with Crippen LogP contribution in [0.3, 0.4) is 0 Å². The Bertz CT molecular complexity index is 456. The van der Waals surface area contributed by atoms with Gasteiger partial charge in [-0.05, 0) is 25.5 Å². The molecule has 0 aromatic heterocycles. The lowest BCUT2D eigenvalue weighted by molar-refractivity contribution is -0.0521. The number of urea groups is 1. The molecule has 0 fully saturated rings. The van der Waals surface area contributed by atoms with E-state index >= 15 is 0 Å². The van der Waals surface area contributed by atoms with Crippen molar-refractivity contribution in [1.29, 1.82) is 0 Å². The Morgan fingerprint density at radius 3 is 2.70 bits per heavy atom. The number of halogens is 3. The Hall–Kier alpha value is -1.96. The number of ether oxygens (including phenoxy) is 1. The van der Waals surface area contributed by atoms with Crippen LogP contribution in [0.1, 0.15) is 13.3 Å². The minimum atomic E-state index is -3.12. The van der Waals surface area contributed by atoms with E-state index in [9.17, 15) is 18.0 Å². The number of carbonyl (C=O) groups is 1. The Kier molecular flexibility index (Phi) is 6.10. The third-order valence-corrected chi connectivity index (χ3v) is 2.25. The average molecular weight is 292 g/mol. The van der Waals surface area contributed by atoms with Gasteiger partial charge in [-0.15, -0.1) is 0 Å². The van der Waals surface area contributed by atoms with Gasteiger partial charge < -0.3 is 20.5 Å². The zero-order chi connectivity index (χ0) is 15.1. The fourth-order valence-corrected chi connectivity index (χ4v) is 1.34. The summed E-state index contributed by atoms with van der Waals surface area (Å²) in [4.78, 5) is 11.4. The summed E-state index contributed by atoms with van der Waals surface area (Å²) in [5.41, 5.74) is 0.0960. The summed E-state index contributed by atoms with van der Waals surface area (Å²) in [6.07, 6.45) is -0.165. The summed E-state index contributed by atoms with van der Waals surface area (Å²) in [5.74, 6) is -1.60. The molecule has 0 aliphatic rings. The van der Waals surface area contributed by atoms with E-state index in [1.165, 1.54) is 6.07 Å². The van der Waals surface area contributed by atoms with Crippen molar-refractivity contribution < 1.29 is 27.8 Å². The van der Waals surface area contributed by atoms with Gasteiger partial charge in [-0.3, -0.25) is 0 Å². The number of aliphatic hydroxyl groups is 1. The number of nitrogens with one attached hydrogen (secondary N) is 2. The monoisotopic (exact) mass is 292 g/mol. The molecule has 3 N–H and O–H groups in total. The lowest BCUT2D eigenvalue weighted by Gasteiger charge is -2.10. The molecule has 8 heteroatoms. The Morgan fingerprint density at radius 2 is 2.15 bits per heavy atom. The molecule has 5 nitrogen and oxygen atoms in total. The van der Waals surface area contributed by atoms with Crippen molar-refractivity contribution in [2.75, 3.05) is 11.9 Å². The van der Waals surface area contributed by atoms with E-state index in [-0.39, 0.29) is 12.2 Å². The highest BCUT2D eigenvalue weighted by Gasteiger charge is 2.11. The van der Waals surface area contributed by atoms with Crippen LogP contribution in [0, 0.1) is 5.82 Å². The molecule has 1 aromatic rings. The van der Waals surface area contributed by atoms with Crippen LogP contribution in [0.25, 0.3) is 0 Å². The molecule has 20 heavy (non-hydrogen) atoms. The summed E-state index contributed by atoms with van der Waals surface area (Å²) in [6.45, 7) is -1.29. The first-order chi connectivity index (χ1) is 9.38. The fourth-order valence-electron chi connectivity index (χ4n) is 1.34. The Morgan fingerprint density at radius 1 is 1.45 bits per heavy atom. The first-order valence-electron chi connectivity index (χ1n) is 5.85. The second kappa shape index (κ2) is 7.59. The van der Waals surface area contributed by atoms with E-state index in [0.717, 1.165) is 12.1 Å². The van der Waals surface area contributed by atoms with Crippen molar-refractivity contribution in [3.63, 3.8) is 0 Å². The molecule has 0 saturated carbocycles. The number of alkyl halides is 2. The zero-order valence-electron chi connectivity index (χ0n) is 10.7. The van der Waals surface area contributed by atoms with Crippen LogP contribution in [0.15, 0.2) is 18.2 Å². The molecule has 0 spiro atoms. The van der Waals surface area contributed by atoms with Gasteiger partial charge in [0.15, 0.2) is 11.6 Å². The molecule has 1 unspecified atom stereocenters. The first-order valence-corrected chi connectivity index (χ1v) is 5.85.